The van der Waals surface area contributed by atoms with Crippen molar-refractivity contribution in [2.24, 2.45) is 7.05 Å². The molecule has 8 heteroatoms. The van der Waals surface area contributed by atoms with Gasteiger partial charge in [-0.05, 0) is 13.8 Å². The first-order valence-electron chi connectivity index (χ1n) is 6.33. The molecule has 3 rings (SSSR count). The minimum absolute atomic E-state index is 0.183. The molecule has 0 atom stereocenters. The second kappa shape index (κ2) is 4.42. The van der Waals surface area contributed by atoms with Crippen LogP contribution >= 0.6 is 0 Å². The summed E-state index contributed by atoms with van der Waals surface area (Å²) in [6.45, 7) is 4.02. The summed E-state index contributed by atoms with van der Waals surface area (Å²) in [6.07, 6.45) is 2.34. The standard InChI is InChI=1S/C12H16N4O3S/c1-8-12(9(2)19-14-8)20(17,18)16-5-4-10-11(6-16)15(3)7-13-10/h7H,4-6H2,1-3H3. The number of aryl methyl sites for hydroxylation is 3. The summed E-state index contributed by atoms with van der Waals surface area (Å²) in [6, 6.07) is 0. The third-order valence-electron chi connectivity index (χ3n) is 3.64. The Bertz CT molecular complexity index is 740. The maximum atomic E-state index is 12.7. The Hall–Kier alpha value is -1.67. The highest BCUT2D eigenvalue weighted by Crippen LogP contribution is 2.27. The quantitative estimate of drug-likeness (QED) is 0.817. The van der Waals surface area contributed by atoms with Crippen molar-refractivity contribution in [2.75, 3.05) is 6.54 Å². The molecule has 0 bridgehead atoms. The molecular weight excluding hydrogens is 280 g/mol. The molecule has 7 nitrogen and oxygen atoms in total. The van der Waals surface area contributed by atoms with E-state index in [9.17, 15) is 8.42 Å². The van der Waals surface area contributed by atoms with Crippen LogP contribution in [0.4, 0.5) is 0 Å². The number of fused-ring (bicyclic) bond motifs is 1. The van der Waals surface area contributed by atoms with Crippen molar-refractivity contribution in [1.82, 2.24) is 19.0 Å². The molecule has 0 saturated carbocycles. The monoisotopic (exact) mass is 296 g/mol. The van der Waals surface area contributed by atoms with Gasteiger partial charge in [-0.25, -0.2) is 13.4 Å². The number of sulfonamides is 1. The molecule has 2 aromatic heterocycles. The van der Waals surface area contributed by atoms with Gasteiger partial charge >= 0.3 is 0 Å². The summed E-state index contributed by atoms with van der Waals surface area (Å²) in [5.41, 5.74) is 2.31. The van der Waals surface area contributed by atoms with Gasteiger partial charge in [-0.1, -0.05) is 5.16 Å². The lowest BCUT2D eigenvalue weighted by Gasteiger charge is -2.26. The Morgan fingerprint density at radius 3 is 2.75 bits per heavy atom. The summed E-state index contributed by atoms with van der Waals surface area (Å²) in [5.74, 6) is 0.332. The predicted octanol–water partition coefficient (Wildman–Crippen LogP) is 0.772. The Morgan fingerprint density at radius 2 is 2.10 bits per heavy atom. The highest BCUT2D eigenvalue weighted by atomic mass is 32.2. The Balaban J connectivity index is 2.00. The van der Waals surface area contributed by atoms with Crippen molar-refractivity contribution >= 4 is 10.0 Å². The van der Waals surface area contributed by atoms with Gasteiger partial charge in [-0.3, -0.25) is 0 Å². The van der Waals surface area contributed by atoms with Gasteiger partial charge in [-0.15, -0.1) is 0 Å². The Labute approximate surface area is 117 Å². The lowest BCUT2D eigenvalue weighted by atomic mass is 10.2. The van der Waals surface area contributed by atoms with Gasteiger partial charge in [-0.2, -0.15) is 4.31 Å². The van der Waals surface area contributed by atoms with Crippen LogP contribution in [0, 0.1) is 13.8 Å². The minimum atomic E-state index is -3.58. The molecule has 3 heterocycles. The van der Waals surface area contributed by atoms with E-state index in [1.807, 2.05) is 11.6 Å². The van der Waals surface area contributed by atoms with E-state index >= 15 is 0 Å². The maximum absolute atomic E-state index is 12.7. The number of hydrogen-bond acceptors (Lipinski definition) is 5. The molecule has 0 aliphatic carbocycles. The van der Waals surface area contributed by atoms with Gasteiger partial charge in [0.25, 0.3) is 0 Å². The van der Waals surface area contributed by atoms with Crippen molar-refractivity contribution in [3.05, 3.63) is 29.2 Å². The molecule has 1 aliphatic rings. The molecule has 0 fully saturated rings. The van der Waals surface area contributed by atoms with Crippen molar-refractivity contribution in [1.29, 1.82) is 0 Å². The fraction of sp³-hybridized carbons (Fsp3) is 0.500. The molecule has 2 aromatic rings. The number of imidazole rings is 1. The molecule has 0 unspecified atom stereocenters. The average Bonchev–Trinajstić information content (AvgIpc) is 2.93. The molecule has 0 saturated heterocycles. The van der Waals surface area contributed by atoms with Crippen LogP contribution in [-0.4, -0.2) is 34.0 Å². The molecule has 20 heavy (non-hydrogen) atoms. The van der Waals surface area contributed by atoms with Gasteiger partial charge in [0.05, 0.1) is 24.3 Å². The number of rotatable bonds is 2. The zero-order valence-corrected chi connectivity index (χ0v) is 12.4. The van der Waals surface area contributed by atoms with Gasteiger partial charge in [0.15, 0.2) is 5.76 Å². The number of nitrogens with zero attached hydrogens (tertiary/aromatic N) is 4. The third-order valence-corrected chi connectivity index (χ3v) is 5.73. The van der Waals surface area contributed by atoms with Crippen molar-refractivity contribution in [3.63, 3.8) is 0 Å². The van der Waals surface area contributed by atoms with E-state index in [2.05, 4.69) is 10.1 Å². The van der Waals surface area contributed by atoms with Crippen LogP contribution in [0.3, 0.4) is 0 Å². The zero-order chi connectivity index (χ0) is 14.5. The van der Waals surface area contributed by atoms with E-state index < -0.39 is 10.0 Å². The van der Waals surface area contributed by atoms with E-state index in [1.165, 1.54) is 4.31 Å². The Kier molecular flexibility index (Phi) is 2.94. The van der Waals surface area contributed by atoms with Gasteiger partial charge in [0.2, 0.25) is 10.0 Å². The molecule has 0 N–H and O–H groups in total. The first kappa shape index (κ1) is 13.3. The van der Waals surface area contributed by atoms with Gasteiger partial charge < -0.3 is 9.09 Å². The zero-order valence-electron chi connectivity index (χ0n) is 11.6. The van der Waals surface area contributed by atoms with Crippen LogP contribution in [0.15, 0.2) is 15.7 Å². The van der Waals surface area contributed by atoms with E-state index in [0.717, 1.165) is 11.4 Å². The van der Waals surface area contributed by atoms with Crippen LogP contribution in [-0.2, 0) is 30.0 Å². The summed E-state index contributed by atoms with van der Waals surface area (Å²) < 4.78 is 33.8. The number of aromatic nitrogens is 3. The largest absolute Gasteiger partial charge is 0.360 e. The molecule has 0 aromatic carbocycles. The second-order valence-electron chi connectivity index (χ2n) is 4.99. The lowest BCUT2D eigenvalue weighted by molar-refractivity contribution is 0.375. The topological polar surface area (TPSA) is 81.2 Å². The van der Waals surface area contributed by atoms with Crippen LogP contribution in [0.2, 0.25) is 0 Å². The smallest absolute Gasteiger partial charge is 0.248 e. The van der Waals surface area contributed by atoms with Crippen LogP contribution in [0.1, 0.15) is 22.8 Å². The second-order valence-corrected chi connectivity index (χ2v) is 6.87. The summed E-state index contributed by atoms with van der Waals surface area (Å²) in [5, 5.41) is 3.73. The number of hydrogen-bond donors (Lipinski definition) is 0. The van der Waals surface area contributed by atoms with Crippen LogP contribution in [0.5, 0.6) is 0 Å². The summed E-state index contributed by atoms with van der Waals surface area (Å²) in [7, 11) is -1.71. The van der Waals surface area contributed by atoms with Crippen molar-refractivity contribution < 1.29 is 12.9 Å². The first-order valence-corrected chi connectivity index (χ1v) is 7.77. The molecular formula is C12H16N4O3S. The highest BCUT2D eigenvalue weighted by molar-refractivity contribution is 7.89. The third kappa shape index (κ3) is 1.87. The molecule has 0 spiro atoms. The molecule has 108 valence electrons. The normalized spacial score (nSPS) is 16.4. The molecule has 0 amide bonds. The van der Waals surface area contributed by atoms with E-state index in [0.29, 0.717) is 31.0 Å². The van der Waals surface area contributed by atoms with Gasteiger partial charge in [0, 0.05) is 20.0 Å². The van der Waals surface area contributed by atoms with Crippen LogP contribution < -0.4 is 0 Å². The highest BCUT2D eigenvalue weighted by Gasteiger charge is 2.34. The molecule has 1 aliphatic heterocycles. The van der Waals surface area contributed by atoms with E-state index in [1.54, 1.807) is 20.2 Å². The van der Waals surface area contributed by atoms with Gasteiger partial charge in [0.1, 0.15) is 10.6 Å². The molecule has 0 radical (unpaired) electrons. The minimum Gasteiger partial charge on any atom is -0.360 e. The fourth-order valence-corrected chi connectivity index (χ4v) is 4.26. The fourth-order valence-electron chi connectivity index (χ4n) is 2.57. The summed E-state index contributed by atoms with van der Waals surface area (Å²) >= 11 is 0. The average molecular weight is 296 g/mol. The first-order chi connectivity index (χ1) is 9.41. The van der Waals surface area contributed by atoms with E-state index in [4.69, 9.17) is 4.52 Å². The summed E-state index contributed by atoms with van der Waals surface area (Å²) in [4.78, 5) is 4.46. The SMILES string of the molecule is Cc1noc(C)c1S(=O)(=O)N1CCc2ncn(C)c2C1. The maximum Gasteiger partial charge on any atom is 0.248 e. The Morgan fingerprint density at radius 1 is 1.35 bits per heavy atom. The van der Waals surface area contributed by atoms with E-state index in [-0.39, 0.29) is 4.90 Å². The predicted molar refractivity (Wildman–Crippen MR) is 70.5 cm³/mol. The van der Waals surface area contributed by atoms with Crippen LogP contribution in [0.25, 0.3) is 0 Å². The lowest BCUT2D eigenvalue weighted by Crippen LogP contribution is -2.37. The van der Waals surface area contributed by atoms with Crippen molar-refractivity contribution in [2.45, 2.75) is 31.7 Å². The van der Waals surface area contributed by atoms with Crippen molar-refractivity contribution in [3.8, 4) is 0 Å².